The summed E-state index contributed by atoms with van der Waals surface area (Å²) in [5.41, 5.74) is 3.54. The summed E-state index contributed by atoms with van der Waals surface area (Å²) in [6.45, 7) is 0. The molecule has 0 saturated heterocycles. The summed E-state index contributed by atoms with van der Waals surface area (Å²) in [5.74, 6) is 0.716. The third-order valence-electron chi connectivity index (χ3n) is 3.71. The molecule has 0 radical (unpaired) electrons. The normalized spacial score (nSPS) is 11.2. The van der Waals surface area contributed by atoms with Gasteiger partial charge in [0.2, 0.25) is 0 Å². The molecule has 6 nitrogen and oxygen atoms in total. The molecule has 4 rings (SSSR count). The number of nitrogens with zero attached hydrogens (tertiary/aromatic N) is 2. The van der Waals surface area contributed by atoms with Gasteiger partial charge in [-0.05, 0) is 35.9 Å². The molecule has 1 aromatic carbocycles. The first-order valence-corrected chi connectivity index (χ1v) is 7.39. The van der Waals surface area contributed by atoms with E-state index in [1.165, 1.54) is 0 Å². The van der Waals surface area contributed by atoms with Crippen molar-refractivity contribution in [2.24, 2.45) is 0 Å². The number of benzene rings is 1. The van der Waals surface area contributed by atoms with Crippen LogP contribution in [0.1, 0.15) is 0 Å². The Balaban J connectivity index is 1.90. The Morgan fingerprint density at radius 1 is 1.09 bits per heavy atom. The maximum atomic E-state index is 11.4. The maximum Gasteiger partial charge on any atom is 0.325 e. The molecule has 0 fully saturated rings. The van der Waals surface area contributed by atoms with E-state index in [9.17, 15) is 4.79 Å². The molecule has 0 aliphatic rings. The summed E-state index contributed by atoms with van der Waals surface area (Å²) in [5, 5.41) is 4.30. The molecule has 0 unspecified atom stereocenters. The summed E-state index contributed by atoms with van der Waals surface area (Å²) in [6, 6.07) is 11.5. The molecule has 0 spiro atoms. The number of pyridine rings is 2. The van der Waals surface area contributed by atoms with Crippen LogP contribution in [-0.4, -0.2) is 27.0 Å². The van der Waals surface area contributed by atoms with Crippen molar-refractivity contribution < 1.29 is 0 Å². The predicted octanol–water partition coefficient (Wildman–Crippen LogP) is 3.16. The highest BCUT2D eigenvalue weighted by molar-refractivity contribution is 6.32. The van der Waals surface area contributed by atoms with E-state index >= 15 is 0 Å². The largest absolute Gasteiger partial charge is 0.373 e. The number of rotatable bonds is 2. The van der Waals surface area contributed by atoms with E-state index in [-0.39, 0.29) is 5.69 Å². The lowest BCUT2D eigenvalue weighted by Gasteiger charge is -2.07. The van der Waals surface area contributed by atoms with Crippen molar-refractivity contribution in [3.8, 4) is 11.1 Å². The topological polar surface area (TPSA) is 86.5 Å². The van der Waals surface area contributed by atoms with Crippen LogP contribution >= 0.6 is 11.6 Å². The highest BCUT2D eigenvalue weighted by Gasteiger charge is 2.09. The SMILES string of the molecule is CNc1ccc(-c2ccc3nc4[nH]c(=O)[nH]c4cc3c2)c(Cl)n1. The quantitative estimate of drug-likeness (QED) is 0.494. The van der Waals surface area contributed by atoms with Gasteiger partial charge in [-0.15, -0.1) is 0 Å². The van der Waals surface area contributed by atoms with E-state index in [0.717, 1.165) is 22.0 Å². The highest BCUT2D eigenvalue weighted by atomic mass is 35.5. The average molecular weight is 326 g/mol. The molecule has 114 valence electrons. The number of aromatic amines is 2. The van der Waals surface area contributed by atoms with E-state index in [2.05, 4.69) is 25.3 Å². The van der Waals surface area contributed by atoms with Gasteiger partial charge in [-0.1, -0.05) is 17.7 Å². The summed E-state index contributed by atoms with van der Waals surface area (Å²) in [6.07, 6.45) is 0. The van der Waals surface area contributed by atoms with Gasteiger partial charge in [0.15, 0.2) is 5.65 Å². The van der Waals surface area contributed by atoms with Crippen LogP contribution in [0.4, 0.5) is 5.82 Å². The van der Waals surface area contributed by atoms with Crippen LogP contribution in [0, 0.1) is 0 Å². The number of anilines is 1. The lowest BCUT2D eigenvalue weighted by molar-refractivity contribution is 1.20. The Bertz CT molecular complexity index is 1100. The summed E-state index contributed by atoms with van der Waals surface area (Å²) < 4.78 is 0. The fourth-order valence-electron chi connectivity index (χ4n) is 2.58. The number of hydrogen-bond acceptors (Lipinski definition) is 4. The molecule has 0 amide bonds. The number of imidazole rings is 1. The number of aromatic nitrogens is 4. The van der Waals surface area contributed by atoms with Crippen LogP contribution in [-0.2, 0) is 0 Å². The van der Waals surface area contributed by atoms with Crippen molar-refractivity contribution in [3.63, 3.8) is 0 Å². The lowest BCUT2D eigenvalue weighted by Crippen LogP contribution is -1.99. The van der Waals surface area contributed by atoms with Crippen LogP contribution in [0.5, 0.6) is 0 Å². The van der Waals surface area contributed by atoms with Crippen LogP contribution in [0.25, 0.3) is 33.2 Å². The first-order valence-electron chi connectivity index (χ1n) is 7.01. The lowest BCUT2D eigenvalue weighted by atomic mass is 10.0. The molecule has 0 atom stereocenters. The molecular weight excluding hydrogens is 314 g/mol. The van der Waals surface area contributed by atoms with E-state index in [1.54, 1.807) is 7.05 Å². The van der Waals surface area contributed by atoms with E-state index < -0.39 is 0 Å². The fourth-order valence-corrected chi connectivity index (χ4v) is 2.85. The number of halogens is 1. The van der Waals surface area contributed by atoms with Crippen molar-refractivity contribution in [2.45, 2.75) is 0 Å². The number of hydrogen-bond donors (Lipinski definition) is 3. The number of H-pyrrole nitrogens is 2. The standard InChI is InChI=1S/C16H12ClN5O/c1-18-13-5-3-10(14(17)21-13)8-2-4-11-9(6-8)7-12-15(19-11)22-16(23)20-12/h2-7H,1H3,(H,18,21)(H2,19,20,22,23). The molecule has 0 bridgehead atoms. The minimum absolute atomic E-state index is 0.266. The van der Waals surface area contributed by atoms with Gasteiger partial charge in [-0.2, -0.15) is 0 Å². The maximum absolute atomic E-state index is 11.4. The molecule has 23 heavy (non-hydrogen) atoms. The van der Waals surface area contributed by atoms with Gasteiger partial charge >= 0.3 is 5.69 Å². The Labute approximate surface area is 135 Å². The Morgan fingerprint density at radius 2 is 1.96 bits per heavy atom. The molecule has 7 heteroatoms. The van der Waals surface area contributed by atoms with Crippen LogP contribution in [0.2, 0.25) is 5.15 Å². The Morgan fingerprint density at radius 3 is 2.74 bits per heavy atom. The smallest absolute Gasteiger partial charge is 0.325 e. The molecule has 3 heterocycles. The Kier molecular flexibility index (Phi) is 3.06. The Hall–Kier alpha value is -2.86. The minimum atomic E-state index is -0.266. The van der Waals surface area contributed by atoms with Gasteiger partial charge in [-0.3, -0.25) is 4.98 Å². The average Bonchev–Trinajstić information content (AvgIpc) is 2.90. The summed E-state index contributed by atoms with van der Waals surface area (Å²) in [7, 11) is 1.79. The second kappa shape index (κ2) is 5.10. The van der Waals surface area contributed by atoms with Crippen molar-refractivity contribution in [2.75, 3.05) is 12.4 Å². The molecular formula is C16H12ClN5O. The molecule has 4 aromatic rings. The summed E-state index contributed by atoms with van der Waals surface area (Å²) >= 11 is 6.27. The highest BCUT2D eigenvalue weighted by Crippen LogP contribution is 2.30. The number of fused-ring (bicyclic) bond motifs is 2. The monoisotopic (exact) mass is 325 g/mol. The third-order valence-corrected chi connectivity index (χ3v) is 4.00. The molecule has 0 aliphatic carbocycles. The minimum Gasteiger partial charge on any atom is -0.373 e. The van der Waals surface area contributed by atoms with Crippen molar-refractivity contribution in [1.29, 1.82) is 0 Å². The zero-order valence-electron chi connectivity index (χ0n) is 12.1. The van der Waals surface area contributed by atoms with Gasteiger partial charge < -0.3 is 10.3 Å². The molecule has 3 aromatic heterocycles. The van der Waals surface area contributed by atoms with Crippen molar-refractivity contribution >= 4 is 39.5 Å². The van der Waals surface area contributed by atoms with Gasteiger partial charge in [0.25, 0.3) is 0 Å². The van der Waals surface area contributed by atoms with Crippen molar-refractivity contribution in [3.05, 3.63) is 52.0 Å². The van der Waals surface area contributed by atoms with Gasteiger partial charge in [0.05, 0.1) is 11.0 Å². The second-order valence-corrected chi connectivity index (χ2v) is 5.51. The number of nitrogens with one attached hydrogen (secondary N) is 3. The zero-order valence-corrected chi connectivity index (χ0v) is 12.9. The van der Waals surface area contributed by atoms with E-state index in [0.29, 0.717) is 22.1 Å². The van der Waals surface area contributed by atoms with Gasteiger partial charge in [0, 0.05) is 18.0 Å². The van der Waals surface area contributed by atoms with E-state index in [1.807, 2.05) is 36.4 Å². The van der Waals surface area contributed by atoms with Crippen molar-refractivity contribution in [1.82, 2.24) is 19.9 Å². The van der Waals surface area contributed by atoms with Gasteiger partial charge in [-0.25, -0.2) is 14.8 Å². The zero-order chi connectivity index (χ0) is 16.0. The first-order chi connectivity index (χ1) is 11.1. The summed E-state index contributed by atoms with van der Waals surface area (Å²) in [4.78, 5) is 25.5. The van der Waals surface area contributed by atoms with E-state index in [4.69, 9.17) is 11.6 Å². The second-order valence-electron chi connectivity index (χ2n) is 5.16. The first kappa shape index (κ1) is 13.8. The third kappa shape index (κ3) is 2.33. The van der Waals surface area contributed by atoms with Crippen LogP contribution < -0.4 is 11.0 Å². The molecule has 3 N–H and O–H groups in total. The predicted molar refractivity (Wildman–Crippen MR) is 92.0 cm³/mol. The van der Waals surface area contributed by atoms with Crippen LogP contribution in [0.3, 0.4) is 0 Å². The fraction of sp³-hybridized carbons (Fsp3) is 0.0625. The van der Waals surface area contributed by atoms with Gasteiger partial charge in [0.1, 0.15) is 11.0 Å². The molecule has 0 saturated carbocycles. The molecule has 0 aliphatic heterocycles. The van der Waals surface area contributed by atoms with Crippen LogP contribution in [0.15, 0.2) is 41.2 Å².